The summed E-state index contributed by atoms with van der Waals surface area (Å²) in [7, 11) is 0. The third-order valence-corrected chi connectivity index (χ3v) is 5.47. The van der Waals surface area contributed by atoms with Gasteiger partial charge in [-0.15, -0.1) is 0 Å². The largest absolute Gasteiger partial charge is 0.313 e. The molecule has 0 aromatic heterocycles. The van der Waals surface area contributed by atoms with Gasteiger partial charge in [-0.25, -0.2) is 0 Å². The number of benzene rings is 2. The van der Waals surface area contributed by atoms with E-state index in [0.717, 1.165) is 36.0 Å². The van der Waals surface area contributed by atoms with Crippen LogP contribution in [0.4, 0.5) is 11.4 Å². The van der Waals surface area contributed by atoms with Crippen LogP contribution in [-0.4, -0.2) is 34.7 Å². The SMILES string of the molecule is CCc1ccc(C(=O)CN(C2=NCCCS2)c2ccc([N+](=O)[O-])cc2)cc1. The van der Waals surface area contributed by atoms with E-state index in [4.69, 9.17) is 0 Å². The predicted molar refractivity (Wildman–Crippen MR) is 110 cm³/mol. The number of carbonyl (C=O) groups is 1. The van der Waals surface area contributed by atoms with E-state index in [1.807, 2.05) is 29.2 Å². The summed E-state index contributed by atoms with van der Waals surface area (Å²) in [6, 6.07) is 13.9. The fourth-order valence-corrected chi connectivity index (χ4v) is 3.76. The minimum absolute atomic E-state index is 0.00937. The summed E-state index contributed by atoms with van der Waals surface area (Å²) in [6.07, 6.45) is 1.94. The van der Waals surface area contributed by atoms with Crippen molar-refractivity contribution in [2.24, 2.45) is 4.99 Å². The van der Waals surface area contributed by atoms with Gasteiger partial charge in [-0.2, -0.15) is 0 Å². The molecule has 0 spiro atoms. The Hall–Kier alpha value is -2.67. The lowest BCUT2D eigenvalue weighted by molar-refractivity contribution is -0.384. The summed E-state index contributed by atoms with van der Waals surface area (Å²) in [6.45, 7) is 2.95. The topological polar surface area (TPSA) is 75.8 Å². The highest BCUT2D eigenvalue weighted by Gasteiger charge is 2.21. The number of anilines is 1. The minimum atomic E-state index is -0.429. The molecule has 0 fully saturated rings. The summed E-state index contributed by atoms with van der Waals surface area (Å²) in [5, 5.41) is 11.7. The molecule has 3 rings (SSSR count). The van der Waals surface area contributed by atoms with Gasteiger partial charge in [0.15, 0.2) is 11.0 Å². The second kappa shape index (κ2) is 8.81. The zero-order chi connectivity index (χ0) is 19.2. The van der Waals surface area contributed by atoms with E-state index >= 15 is 0 Å². The van der Waals surface area contributed by atoms with Crippen LogP contribution in [0.25, 0.3) is 0 Å². The molecule has 0 bridgehead atoms. The van der Waals surface area contributed by atoms with Crippen LogP contribution in [-0.2, 0) is 6.42 Å². The average molecular weight is 383 g/mol. The van der Waals surface area contributed by atoms with Crippen molar-refractivity contribution >= 4 is 34.1 Å². The first-order valence-electron chi connectivity index (χ1n) is 8.90. The van der Waals surface area contributed by atoms with Crippen LogP contribution in [0, 0.1) is 10.1 Å². The van der Waals surface area contributed by atoms with Gasteiger partial charge < -0.3 is 4.90 Å². The first kappa shape index (κ1) is 19.1. The van der Waals surface area contributed by atoms with Crippen LogP contribution in [0.5, 0.6) is 0 Å². The molecular formula is C20H21N3O3S. The molecule has 0 aliphatic carbocycles. The van der Waals surface area contributed by atoms with E-state index in [2.05, 4.69) is 11.9 Å². The Morgan fingerprint density at radius 2 is 1.89 bits per heavy atom. The molecule has 2 aromatic rings. The smallest absolute Gasteiger partial charge is 0.269 e. The quantitative estimate of drug-likeness (QED) is 0.421. The highest BCUT2D eigenvalue weighted by atomic mass is 32.2. The fraction of sp³-hybridized carbons (Fsp3) is 0.300. The summed E-state index contributed by atoms with van der Waals surface area (Å²) in [5.41, 5.74) is 2.59. The minimum Gasteiger partial charge on any atom is -0.313 e. The van der Waals surface area contributed by atoms with Crippen LogP contribution < -0.4 is 4.90 Å². The Balaban J connectivity index is 1.86. The molecule has 27 heavy (non-hydrogen) atoms. The van der Waals surface area contributed by atoms with Gasteiger partial charge in [0.2, 0.25) is 0 Å². The number of hydrogen-bond acceptors (Lipinski definition) is 6. The third-order valence-electron chi connectivity index (χ3n) is 4.37. The molecule has 7 heteroatoms. The second-order valence-corrected chi connectivity index (χ2v) is 7.26. The van der Waals surface area contributed by atoms with Crippen molar-refractivity contribution in [1.82, 2.24) is 0 Å². The molecule has 6 nitrogen and oxygen atoms in total. The molecule has 0 radical (unpaired) electrons. The molecule has 1 aliphatic rings. The zero-order valence-corrected chi connectivity index (χ0v) is 15.9. The van der Waals surface area contributed by atoms with Crippen molar-refractivity contribution in [1.29, 1.82) is 0 Å². The van der Waals surface area contributed by atoms with Crippen LogP contribution >= 0.6 is 11.8 Å². The van der Waals surface area contributed by atoms with Gasteiger partial charge in [0.1, 0.15) is 0 Å². The van der Waals surface area contributed by atoms with Crippen molar-refractivity contribution in [3.63, 3.8) is 0 Å². The van der Waals surface area contributed by atoms with Crippen molar-refractivity contribution in [3.8, 4) is 0 Å². The molecule has 1 aliphatic heterocycles. The van der Waals surface area contributed by atoms with Crippen molar-refractivity contribution in [3.05, 3.63) is 69.8 Å². The van der Waals surface area contributed by atoms with Crippen molar-refractivity contribution in [2.45, 2.75) is 19.8 Å². The maximum absolute atomic E-state index is 12.8. The van der Waals surface area contributed by atoms with E-state index in [0.29, 0.717) is 5.56 Å². The standard InChI is InChI=1S/C20H21N3O3S/c1-2-15-4-6-16(7-5-15)19(24)14-22(20-21-12-3-13-27-20)17-8-10-18(11-9-17)23(25)26/h4-11H,2-3,12-14H2,1H3. The number of nitro benzene ring substituents is 1. The molecule has 2 aromatic carbocycles. The molecule has 0 saturated heterocycles. The molecule has 0 N–H and O–H groups in total. The zero-order valence-electron chi connectivity index (χ0n) is 15.1. The lowest BCUT2D eigenvalue weighted by atomic mass is 10.1. The molecule has 0 saturated carbocycles. The molecule has 140 valence electrons. The van der Waals surface area contributed by atoms with Gasteiger partial charge in [-0.05, 0) is 30.5 Å². The van der Waals surface area contributed by atoms with Crippen LogP contribution in [0.15, 0.2) is 53.5 Å². The summed E-state index contributed by atoms with van der Waals surface area (Å²) in [4.78, 5) is 29.7. The van der Waals surface area contributed by atoms with Crippen molar-refractivity contribution in [2.75, 3.05) is 23.7 Å². The van der Waals surface area contributed by atoms with Gasteiger partial charge in [0, 0.05) is 35.7 Å². The fourth-order valence-electron chi connectivity index (χ4n) is 2.80. The van der Waals surface area contributed by atoms with E-state index in [9.17, 15) is 14.9 Å². The number of amidine groups is 1. The van der Waals surface area contributed by atoms with E-state index < -0.39 is 4.92 Å². The Bertz CT molecular complexity index is 848. The average Bonchev–Trinajstić information content (AvgIpc) is 2.72. The van der Waals surface area contributed by atoms with Crippen LogP contribution in [0.3, 0.4) is 0 Å². The summed E-state index contributed by atoms with van der Waals surface area (Å²) < 4.78 is 0. The maximum Gasteiger partial charge on any atom is 0.269 e. The first-order valence-corrected chi connectivity index (χ1v) is 9.88. The normalized spacial score (nSPS) is 13.7. The third kappa shape index (κ3) is 4.74. The number of rotatable bonds is 6. The molecule has 0 atom stereocenters. The number of aryl methyl sites for hydroxylation is 1. The number of hydrogen-bond donors (Lipinski definition) is 0. The van der Waals surface area contributed by atoms with Crippen LogP contribution in [0.1, 0.15) is 29.3 Å². The Morgan fingerprint density at radius 3 is 2.44 bits per heavy atom. The number of Topliss-reactive ketones (excluding diaryl/α,β-unsaturated/α-hetero) is 1. The number of non-ortho nitro benzene ring substituents is 1. The summed E-state index contributed by atoms with van der Waals surface area (Å²) in [5.74, 6) is 0.937. The Morgan fingerprint density at radius 1 is 1.19 bits per heavy atom. The van der Waals surface area contributed by atoms with Crippen molar-refractivity contribution < 1.29 is 9.72 Å². The van der Waals surface area contributed by atoms with E-state index in [1.165, 1.54) is 17.7 Å². The number of nitrogens with zero attached hydrogens (tertiary/aromatic N) is 3. The highest BCUT2D eigenvalue weighted by Crippen LogP contribution is 2.25. The molecule has 0 unspecified atom stereocenters. The number of thioether (sulfide) groups is 1. The molecular weight excluding hydrogens is 362 g/mol. The second-order valence-electron chi connectivity index (χ2n) is 6.20. The van der Waals surface area contributed by atoms with Crippen LogP contribution in [0.2, 0.25) is 0 Å². The Kier molecular flexibility index (Phi) is 6.24. The number of carbonyl (C=O) groups excluding carboxylic acids is 1. The molecule has 1 heterocycles. The van der Waals surface area contributed by atoms with Gasteiger partial charge in [0.25, 0.3) is 5.69 Å². The van der Waals surface area contributed by atoms with E-state index in [1.54, 1.807) is 23.9 Å². The van der Waals surface area contributed by atoms with Gasteiger partial charge in [0.05, 0.1) is 11.5 Å². The highest BCUT2D eigenvalue weighted by molar-refractivity contribution is 8.14. The number of aliphatic imine (C=N–C) groups is 1. The predicted octanol–water partition coefficient (Wildman–Crippen LogP) is 4.34. The summed E-state index contributed by atoms with van der Waals surface area (Å²) >= 11 is 1.61. The lowest BCUT2D eigenvalue weighted by Crippen LogP contribution is -2.35. The number of ketones is 1. The molecule has 0 amide bonds. The maximum atomic E-state index is 12.8. The monoisotopic (exact) mass is 383 g/mol. The Labute approximate surface area is 162 Å². The first-order chi connectivity index (χ1) is 13.1. The van der Waals surface area contributed by atoms with Gasteiger partial charge >= 0.3 is 0 Å². The van der Waals surface area contributed by atoms with Gasteiger partial charge in [-0.1, -0.05) is 43.0 Å². The number of nitro groups is 1. The van der Waals surface area contributed by atoms with Gasteiger partial charge in [-0.3, -0.25) is 19.9 Å². The lowest BCUT2D eigenvalue weighted by Gasteiger charge is -2.27. The van der Waals surface area contributed by atoms with E-state index in [-0.39, 0.29) is 18.0 Å².